The first kappa shape index (κ1) is 32.3. The Hall–Kier alpha value is -3.88. The highest BCUT2D eigenvalue weighted by Gasteiger charge is 2.38. The van der Waals surface area contributed by atoms with E-state index in [1.54, 1.807) is 33.8 Å². The molecule has 0 aromatic heterocycles. The zero-order valence-corrected chi connectivity index (χ0v) is 24.7. The number of carbonyl (C=O) groups is 4. The minimum atomic E-state index is -1.01. The molecule has 0 bridgehead atoms. The van der Waals surface area contributed by atoms with Crippen LogP contribution in [0.5, 0.6) is 0 Å². The van der Waals surface area contributed by atoms with Gasteiger partial charge in [-0.05, 0) is 59.6 Å². The Labute approximate surface area is 237 Å². The highest BCUT2D eigenvalue weighted by Crippen LogP contribution is 2.26. The molecule has 0 aliphatic rings. The molecule has 0 aliphatic carbocycles. The van der Waals surface area contributed by atoms with Crippen molar-refractivity contribution in [3.8, 4) is 0 Å². The summed E-state index contributed by atoms with van der Waals surface area (Å²) in [5.41, 5.74) is 1.62. The molecule has 0 spiro atoms. The molecule has 2 rings (SSSR count). The first-order valence-electron chi connectivity index (χ1n) is 13.7. The van der Waals surface area contributed by atoms with Crippen LogP contribution in [0.3, 0.4) is 0 Å². The van der Waals surface area contributed by atoms with E-state index in [1.165, 1.54) is 4.90 Å². The molecule has 0 heterocycles. The first-order chi connectivity index (χ1) is 18.8. The number of rotatable bonds is 12. The number of amides is 3. The fourth-order valence-electron chi connectivity index (χ4n) is 4.26. The van der Waals surface area contributed by atoms with Gasteiger partial charge >= 0.3 is 12.1 Å². The van der Waals surface area contributed by atoms with Gasteiger partial charge in [-0.15, -0.1) is 0 Å². The van der Waals surface area contributed by atoms with Gasteiger partial charge in [-0.25, -0.2) is 4.79 Å². The molecule has 2 aromatic rings. The van der Waals surface area contributed by atoms with Crippen LogP contribution in [0, 0.1) is 6.92 Å². The van der Waals surface area contributed by atoms with Crippen molar-refractivity contribution in [2.75, 3.05) is 13.2 Å². The monoisotopic (exact) mass is 553 g/mol. The Morgan fingerprint density at radius 2 is 1.65 bits per heavy atom. The van der Waals surface area contributed by atoms with E-state index in [1.807, 2.05) is 69.3 Å². The normalized spacial score (nSPS) is 12.7. The quantitative estimate of drug-likeness (QED) is 0.375. The third-order valence-electron chi connectivity index (χ3n) is 5.90. The van der Waals surface area contributed by atoms with E-state index in [4.69, 9.17) is 9.47 Å². The van der Waals surface area contributed by atoms with Gasteiger partial charge in [-0.2, -0.15) is 0 Å². The fourth-order valence-corrected chi connectivity index (χ4v) is 4.26. The van der Waals surface area contributed by atoms with E-state index in [-0.39, 0.29) is 26.0 Å². The highest BCUT2D eigenvalue weighted by molar-refractivity contribution is 5.92. The zero-order valence-electron chi connectivity index (χ0n) is 24.7. The molecular formula is C31H43N3O6. The maximum atomic E-state index is 14.3. The van der Waals surface area contributed by atoms with Gasteiger partial charge in [0.25, 0.3) is 0 Å². The van der Waals surface area contributed by atoms with Gasteiger partial charge in [-0.3, -0.25) is 14.4 Å². The van der Waals surface area contributed by atoms with Gasteiger partial charge in [-0.1, -0.05) is 60.2 Å². The van der Waals surface area contributed by atoms with Crippen LogP contribution >= 0.6 is 0 Å². The number of aryl methyl sites for hydroxylation is 1. The number of alkyl carbamates (subject to hydrolysis) is 1. The molecule has 218 valence electrons. The molecule has 0 saturated carbocycles. The minimum absolute atomic E-state index is 0.00652. The average Bonchev–Trinajstić information content (AvgIpc) is 2.85. The molecule has 0 saturated heterocycles. The van der Waals surface area contributed by atoms with Crippen molar-refractivity contribution in [3.05, 3.63) is 71.3 Å². The number of carbonyl (C=O) groups excluding carboxylic acids is 4. The number of hydrogen-bond donors (Lipinski definition) is 2. The van der Waals surface area contributed by atoms with Crippen LogP contribution in [0.2, 0.25) is 0 Å². The summed E-state index contributed by atoms with van der Waals surface area (Å²) in [7, 11) is 0. The lowest BCUT2D eigenvalue weighted by Gasteiger charge is -2.37. The molecule has 9 nitrogen and oxygen atoms in total. The Kier molecular flexibility index (Phi) is 12.2. The summed E-state index contributed by atoms with van der Waals surface area (Å²) in [4.78, 5) is 54.1. The van der Waals surface area contributed by atoms with Gasteiger partial charge in [0.2, 0.25) is 11.8 Å². The second-order valence-corrected chi connectivity index (χ2v) is 10.9. The molecule has 3 amide bonds. The van der Waals surface area contributed by atoms with Crippen molar-refractivity contribution in [3.63, 3.8) is 0 Å². The summed E-state index contributed by atoms with van der Waals surface area (Å²) in [6.45, 7) is 12.8. The van der Waals surface area contributed by atoms with Crippen LogP contribution in [-0.4, -0.2) is 59.6 Å². The van der Waals surface area contributed by atoms with Crippen molar-refractivity contribution >= 4 is 23.9 Å². The second kappa shape index (κ2) is 15.1. The van der Waals surface area contributed by atoms with Crippen LogP contribution in [0.15, 0.2) is 54.6 Å². The summed E-state index contributed by atoms with van der Waals surface area (Å²) in [6.07, 6.45) is -0.517. The maximum absolute atomic E-state index is 14.3. The van der Waals surface area contributed by atoms with Gasteiger partial charge in [0.1, 0.15) is 17.7 Å². The molecule has 2 unspecified atom stereocenters. The summed E-state index contributed by atoms with van der Waals surface area (Å²) in [5.74, 6) is -1.29. The van der Waals surface area contributed by atoms with Gasteiger partial charge in [0.05, 0.1) is 13.0 Å². The molecule has 0 aliphatic heterocycles. The summed E-state index contributed by atoms with van der Waals surface area (Å²) >= 11 is 0. The summed E-state index contributed by atoms with van der Waals surface area (Å²) in [6, 6.07) is 14.3. The SMILES string of the molecule is CCOC(=O)CCNC(=O)C(c1cccc(C)c1)N(C(=O)C(Cc1ccccc1)NC(=O)OC(C)(C)C)C(C)C. The number of hydrogen-bond acceptors (Lipinski definition) is 6. The van der Waals surface area contributed by atoms with Crippen LogP contribution in [0.4, 0.5) is 4.79 Å². The van der Waals surface area contributed by atoms with Gasteiger partial charge < -0.3 is 25.0 Å². The molecule has 9 heteroatoms. The predicted molar refractivity (Wildman–Crippen MR) is 153 cm³/mol. The Morgan fingerprint density at radius 3 is 2.23 bits per heavy atom. The van der Waals surface area contributed by atoms with E-state index in [2.05, 4.69) is 10.6 Å². The Balaban J connectivity index is 2.46. The fraction of sp³-hybridized carbons (Fsp3) is 0.484. The predicted octanol–water partition coefficient (Wildman–Crippen LogP) is 4.48. The molecule has 0 fully saturated rings. The second-order valence-electron chi connectivity index (χ2n) is 10.9. The van der Waals surface area contributed by atoms with Crippen LogP contribution in [-0.2, 0) is 30.3 Å². The number of ether oxygens (including phenoxy) is 2. The lowest BCUT2D eigenvalue weighted by Crippen LogP contribution is -2.55. The van der Waals surface area contributed by atoms with Crippen molar-refractivity contribution in [2.45, 2.75) is 85.0 Å². The van der Waals surface area contributed by atoms with E-state index in [9.17, 15) is 19.2 Å². The van der Waals surface area contributed by atoms with Crippen molar-refractivity contribution in [1.29, 1.82) is 0 Å². The van der Waals surface area contributed by atoms with Gasteiger partial charge in [0, 0.05) is 19.0 Å². The van der Waals surface area contributed by atoms with Crippen LogP contribution < -0.4 is 10.6 Å². The van der Waals surface area contributed by atoms with E-state index >= 15 is 0 Å². The summed E-state index contributed by atoms with van der Waals surface area (Å²) in [5, 5.41) is 5.54. The maximum Gasteiger partial charge on any atom is 0.408 e. The molecular weight excluding hydrogens is 510 g/mol. The number of nitrogens with one attached hydrogen (secondary N) is 2. The van der Waals surface area contributed by atoms with Gasteiger partial charge in [0.15, 0.2) is 0 Å². The van der Waals surface area contributed by atoms with Crippen molar-refractivity contribution in [2.24, 2.45) is 0 Å². The average molecular weight is 554 g/mol. The lowest BCUT2D eigenvalue weighted by atomic mass is 9.98. The zero-order chi connectivity index (χ0) is 29.9. The highest BCUT2D eigenvalue weighted by atomic mass is 16.6. The smallest absolute Gasteiger partial charge is 0.408 e. The number of benzene rings is 2. The van der Waals surface area contributed by atoms with E-state index in [0.29, 0.717) is 5.56 Å². The van der Waals surface area contributed by atoms with Crippen molar-refractivity contribution in [1.82, 2.24) is 15.5 Å². The largest absolute Gasteiger partial charge is 0.466 e. The molecule has 2 N–H and O–H groups in total. The topological polar surface area (TPSA) is 114 Å². The third-order valence-corrected chi connectivity index (χ3v) is 5.90. The number of nitrogens with zero attached hydrogens (tertiary/aromatic N) is 1. The lowest BCUT2D eigenvalue weighted by molar-refractivity contribution is -0.145. The molecule has 2 atom stereocenters. The first-order valence-corrected chi connectivity index (χ1v) is 13.7. The number of esters is 1. The van der Waals surface area contributed by atoms with Crippen molar-refractivity contribution < 1.29 is 28.7 Å². The molecule has 40 heavy (non-hydrogen) atoms. The van der Waals surface area contributed by atoms with E-state index in [0.717, 1.165) is 11.1 Å². The Morgan fingerprint density at radius 1 is 0.975 bits per heavy atom. The molecule has 2 aromatic carbocycles. The molecule has 0 radical (unpaired) electrons. The third kappa shape index (κ3) is 10.4. The van der Waals surface area contributed by atoms with Crippen LogP contribution in [0.1, 0.15) is 70.7 Å². The standard InChI is InChI=1S/C31H43N3O6/c1-8-39-26(35)17-18-32-28(36)27(24-16-12-13-22(4)19-24)34(21(2)3)29(37)25(20-23-14-10-9-11-15-23)33-30(38)40-31(5,6)7/h9-16,19,21,25,27H,8,17-18,20H2,1-7H3,(H,32,36)(H,33,38). The Bertz CT molecular complexity index is 1140. The van der Waals surface area contributed by atoms with Crippen LogP contribution in [0.25, 0.3) is 0 Å². The minimum Gasteiger partial charge on any atom is -0.466 e. The van der Waals surface area contributed by atoms with E-state index < -0.39 is 47.6 Å². The summed E-state index contributed by atoms with van der Waals surface area (Å²) < 4.78 is 10.4.